The molecule has 0 radical (unpaired) electrons. The molecule has 0 spiro atoms. The van der Waals surface area contributed by atoms with Crippen molar-refractivity contribution < 1.29 is 19.3 Å². The molecule has 0 unspecified atom stereocenters. The third kappa shape index (κ3) is 7.25. The zero-order chi connectivity index (χ0) is 8.53. The van der Waals surface area contributed by atoms with Gasteiger partial charge in [0.2, 0.25) is 0 Å². The van der Waals surface area contributed by atoms with Crippen molar-refractivity contribution in [1.29, 1.82) is 0 Å². The maximum Gasteiger partial charge on any atom is 0.345 e. The lowest BCUT2D eigenvalue weighted by molar-refractivity contribution is -0.399. The van der Waals surface area contributed by atoms with E-state index in [0.29, 0.717) is 0 Å². The fraction of sp³-hybridized carbons (Fsp3) is 0.857. The van der Waals surface area contributed by atoms with Crippen LogP contribution < -0.4 is 0 Å². The van der Waals surface area contributed by atoms with Crippen LogP contribution in [-0.4, -0.2) is 5.97 Å². The molecule has 0 atom stereocenters. The Kier molecular flexibility index (Phi) is 7.03. The van der Waals surface area contributed by atoms with E-state index in [9.17, 15) is 9.32 Å². The lowest BCUT2D eigenvalue weighted by atomic mass is 10.2. The minimum atomic E-state index is -0.649. The van der Waals surface area contributed by atoms with Gasteiger partial charge in [-0.3, -0.25) is 4.89 Å². The number of hydrogen-bond donors (Lipinski definition) is 0. The number of carbonyl (C=O) groups excluding carboxylic acids is 1. The SMILES string of the molecule is CCCCCCC(=O)OOF. The van der Waals surface area contributed by atoms with E-state index in [1.165, 1.54) is 0 Å². The van der Waals surface area contributed by atoms with Gasteiger partial charge in [0.1, 0.15) is 0 Å². The number of hydrogen-bond acceptors (Lipinski definition) is 3. The second-order valence-corrected chi connectivity index (χ2v) is 2.33. The summed E-state index contributed by atoms with van der Waals surface area (Å²) in [6.45, 7) is 2.07. The summed E-state index contributed by atoms with van der Waals surface area (Å²) in [6.07, 6.45) is 4.12. The van der Waals surface area contributed by atoms with Gasteiger partial charge in [0.05, 0.1) is 0 Å². The van der Waals surface area contributed by atoms with Gasteiger partial charge in [-0.15, -0.1) is 0 Å². The maximum atomic E-state index is 10.9. The zero-order valence-corrected chi connectivity index (χ0v) is 6.64. The van der Waals surface area contributed by atoms with Crippen LogP contribution in [0, 0.1) is 0 Å². The Morgan fingerprint density at radius 1 is 1.36 bits per heavy atom. The van der Waals surface area contributed by atoms with Gasteiger partial charge in [-0.05, 0) is 10.9 Å². The molecule has 11 heavy (non-hydrogen) atoms. The first-order valence-electron chi connectivity index (χ1n) is 3.79. The zero-order valence-electron chi connectivity index (χ0n) is 6.64. The van der Waals surface area contributed by atoms with Gasteiger partial charge in [0.15, 0.2) is 0 Å². The molecule has 4 heteroatoms. The van der Waals surface area contributed by atoms with Crippen molar-refractivity contribution in [2.45, 2.75) is 39.0 Å². The summed E-state index contributed by atoms with van der Waals surface area (Å²) in [5.41, 5.74) is 0. The monoisotopic (exact) mass is 164 g/mol. The van der Waals surface area contributed by atoms with Gasteiger partial charge < -0.3 is 0 Å². The van der Waals surface area contributed by atoms with Crippen molar-refractivity contribution in [2.75, 3.05) is 0 Å². The number of rotatable bonds is 6. The average Bonchev–Trinajstić information content (AvgIpc) is 1.99. The van der Waals surface area contributed by atoms with E-state index in [1.54, 1.807) is 0 Å². The van der Waals surface area contributed by atoms with E-state index in [1.807, 2.05) is 0 Å². The molecule has 0 aromatic rings. The van der Waals surface area contributed by atoms with Crippen LogP contribution in [0.2, 0.25) is 0 Å². The molecule has 0 aromatic carbocycles. The molecule has 66 valence electrons. The molecule has 0 amide bonds. The van der Waals surface area contributed by atoms with Crippen LogP contribution >= 0.6 is 0 Å². The van der Waals surface area contributed by atoms with Crippen LogP contribution in [0.1, 0.15) is 39.0 Å². The molecule has 0 aliphatic rings. The number of carbonyl (C=O) groups is 1. The summed E-state index contributed by atoms with van der Waals surface area (Å²) in [4.78, 5) is 14.0. The Bertz CT molecular complexity index is 106. The second-order valence-electron chi connectivity index (χ2n) is 2.33. The van der Waals surface area contributed by atoms with Crippen LogP contribution in [0.4, 0.5) is 4.53 Å². The van der Waals surface area contributed by atoms with E-state index >= 15 is 0 Å². The van der Waals surface area contributed by atoms with Gasteiger partial charge in [-0.1, -0.05) is 26.2 Å². The third-order valence-electron chi connectivity index (χ3n) is 1.36. The Labute approximate surface area is 65.3 Å². The van der Waals surface area contributed by atoms with Crippen LogP contribution in [0.3, 0.4) is 0 Å². The molecule has 0 aliphatic carbocycles. The van der Waals surface area contributed by atoms with Crippen LogP contribution in [0.5, 0.6) is 0 Å². The number of halogens is 1. The average molecular weight is 164 g/mol. The predicted octanol–water partition coefficient (Wildman–Crippen LogP) is 2.32. The van der Waals surface area contributed by atoms with E-state index in [0.717, 1.165) is 25.7 Å². The van der Waals surface area contributed by atoms with Gasteiger partial charge in [-0.25, -0.2) is 4.79 Å². The van der Waals surface area contributed by atoms with Crippen LogP contribution in [-0.2, 0) is 14.8 Å². The van der Waals surface area contributed by atoms with Crippen molar-refractivity contribution in [3.63, 3.8) is 0 Å². The summed E-state index contributed by atoms with van der Waals surface area (Å²) >= 11 is 0. The molecule has 0 N–H and O–H groups in total. The lowest BCUT2D eigenvalue weighted by Gasteiger charge is -1.96. The molecular formula is C7H13FO3. The van der Waals surface area contributed by atoms with Crippen molar-refractivity contribution in [2.24, 2.45) is 0 Å². The van der Waals surface area contributed by atoms with Gasteiger partial charge in [0.25, 0.3) is 0 Å². The molecular weight excluding hydrogens is 151 g/mol. The van der Waals surface area contributed by atoms with Crippen molar-refractivity contribution in [3.8, 4) is 0 Å². The molecule has 0 fully saturated rings. The standard InChI is InChI=1S/C7H13FO3/c1-2-3-4-5-6-7(9)10-11-8/h2-6H2,1H3. The molecule has 0 rings (SSSR count). The molecule has 0 bridgehead atoms. The van der Waals surface area contributed by atoms with Gasteiger partial charge >= 0.3 is 5.97 Å². The van der Waals surface area contributed by atoms with Crippen molar-refractivity contribution in [1.82, 2.24) is 0 Å². The largest absolute Gasteiger partial charge is 0.345 e. The first-order valence-corrected chi connectivity index (χ1v) is 3.79. The highest BCUT2D eigenvalue weighted by Crippen LogP contribution is 2.03. The van der Waals surface area contributed by atoms with E-state index < -0.39 is 5.97 Å². The van der Waals surface area contributed by atoms with Crippen molar-refractivity contribution in [3.05, 3.63) is 0 Å². The van der Waals surface area contributed by atoms with Crippen molar-refractivity contribution >= 4 is 5.97 Å². The lowest BCUT2D eigenvalue weighted by Crippen LogP contribution is -2.00. The summed E-state index contributed by atoms with van der Waals surface area (Å²) < 4.78 is 10.9. The third-order valence-corrected chi connectivity index (χ3v) is 1.36. The first kappa shape index (κ1) is 10.4. The Hall–Kier alpha value is -0.640. The topological polar surface area (TPSA) is 35.5 Å². The minimum Gasteiger partial charge on any atom is -0.265 e. The smallest absolute Gasteiger partial charge is 0.265 e. The first-order chi connectivity index (χ1) is 5.31. The number of unbranched alkanes of at least 4 members (excludes halogenated alkanes) is 3. The maximum absolute atomic E-state index is 10.9. The molecule has 0 saturated heterocycles. The highest BCUT2D eigenvalue weighted by molar-refractivity contribution is 5.68. The minimum absolute atomic E-state index is 0.226. The molecule has 0 saturated carbocycles. The molecule has 0 heterocycles. The predicted molar refractivity (Wildman–Crippen MR) is 37.0 cm³/mol. The summed E-state index contributed by atoms with van der Waals surface area (Å²) in [5, 5.41) is 2.71. The normalized spacial score (nSPS) is 9.64. The van der Waals surface area contributed by atoms with E-state index in [-0.39, 0.29) is 6.42 Å². The summed E-state index contributed by atoms with van der Waals surface area (Å²) in [5.74, 6) is -0.649. The fourth-order valence-electron chi connectivity index (χ4n) is 0.773. The van der Waals surface area contributed by atoms with Crippen LogP contribution in [0.25, 0.3) is 0 Å². The summed E-state index contributed by atoms with van der Waals surface area (Å²) in [6, 6.07) is 0. The van der Waals surface area contributed by atoms with Gasteiger partial charge in [-0.2, -0.15) is 0 Å². The highest BCUT2D eigenvalue weighted by Gasteiger charge is 2.02. The van der Waals surface area contributed by atoms with Crippen LogP contribution in [0.15, 0.2) is 0 Å². The van der Waals surface area contributed by atoms with Gasteiger partial charge in [0, 0.05) is 11.5 Å². The molecule has 0 aromatic heterocycles. The fourth-order valence-corrected chi connectivity index (χ4v) is 0.773. The molecule has 3 nitrogen and oxygen atoms in total. The Morgan fingerprint density at radius 3 is 2.64 bits per heavy atom. The highest BCUT2D eigenvalue weighted by atomic mass is 19.3. The van der Waals surface area contributed by atoms with E-state index in [2.05, 4.69) is 16.9 Å². The Morgan fingerprint density at radius 2 is 2.09 bits per heavy atom. The molecule has 0 aliphatic heterocycles. The summed E-state index contributed by atoms with van der Waals surface area (Å²) in [7, 11) is 0. The second kappa shape index (κ2) is 7.47. The quantitative estimate of drug-likeness (QED) is 0.343. The Balaban J connectivity index is 3.04. The van der Waals surface area contributed by atoms with E-state index in [4.69, 9.17) is 0 Å².